The Morgan fingerprint density at radius 3 is 2.78 bits per heavy atom. The van der Waals surface area contributed by atoms with Crippen molar-refractivity contribution >= 4 is 33.1 Å². The Hall–Kier alpha value is -1.94. The highest BCUT2D eigenvalue weighted by Gasteiger charge is 2.13. The molecule has 0 atom stereocenters. The molecule has 0 amide bonds. The number of sulfonamides is 1. The molecule has 1 aliphatic heterocycles. The van der Waals surface area contributed by atoms with Gasteiger partial charge in [0.05, 0.1) is 30.9 Å². The highest BCUT2D eigenvalue weighted by Crippen LogP contribution is 2.17. The van der Waals surface area contributed by atoms with E-state index in [-0.39, 0.29) is 12.3 Å². The Bertz CT molecular complexity index is 859. The quantitative estimate of drug-likeness (QED) is 0.635. The van der Waals surface area contributed by atoms with E-state index in [0.29, 0.717) is 36.2 Å². The highest BCUT2D eigenvalue weighted by molar-refractivity contribution is 7.88. The largest absolute Gasteiger partial charge is 0.378 e. The van der Waals surface area contributed by atoms with Crippen LogP contribution in [0.1, 0.15) is 5.56 Å². The van der Waals surface area contributed by atoms with Crippen LogP contribution in [0.15, 0.2) is 36.5 Å². The molecule has 146 valence electrons. The first kappa shape index (κ1) is 19.8. The lowest BCUT2D eigenvalue weighted by atomic mass is 10.2. The van der Waals surface area contributed by atoms with Crippen LogP contribution in [0.5, 0.6) is 0 Å². The van der Waals surface area contributed by atoms with Gasteiger partial charge >= 0.3 is 0 Å². The first-order valence-corrected chi connectivity index (χ1v) is 10.7. The molecule has 0 aliphatic carbocycles. The topological polar surface area (TPSA) is 96.5 Å². The number of halogens is 1. The van der Waals surface area contributed by atoms with Crippen LogP contribution in [0.2, 0.25) is 5.02 Å². The molecule has 0 bridgehead atoms. The monoisotopic (exact) mass is 411 g/mol. The maximum atomic E-state index is 12.2. The van der Waals surface area contributed by atoms with Crippen molar-refractivity contribution in [1.82, 2.24) is 14.9 Å². The molecule has 0 radical (unpaired) electrons. The second-order valence-corrected chi connectivity index (χ2v) is 8.35. The lowest BCUT2D eigenvalue weighted by molar-refractivity contribution is 0.122. The van der Waals surface area contributed by atoms with Gasteiger partial charge in [-0.05, 0) is 17.7 Å². The van der Waals surface area contributed by atoms with Crippen LogP contribution < -0.4 is 14.9 Å². The van der Waals surface area contributed by atoms with Crippen LogP contribution in [-0.4, -0.2) is 58.0 Å². The molecule has 2 N–H and O–H groups in total. The zero-order valence-electron chi connectivity index (χ0n) is 14.8. The summed E-state index contributed by atoms with van der Waals surface area (Å²) in [5.74, 6) is 0.493. The molecule has 0 unspecified atom stereocenters. The third-order valence-electron chi connectivity index (χ3n) is 4.02. The highest BCUT2D eigenvalue weighted by atomic mass is 35.5. The van der Waals surface area contributed by atoms with Gasteiger partial charge in [0, 0.05) is 37.3 Å². The average molecular weight is 412 g/mol. The summed E-state index contributed by atoms with van der Waals surface area (Å²) in [6, 6.07) is 8.72. The number of rotatable bonds is 8. The summed E-state index contributed by atoms with van der Waals surface area (Å²) in [7, 11) is -3.44. The predicted octanol–water partition coefficient (Wildman–Crippen LogP) is 1.50. The lowest BCUT2D eigenvalue weighted by Crippen LogP contribution is -2.36. The van der Waals surface area contributed by atoms with Crippen molar-refractivity contribution < 1.29 is 13.2 Å². The standard InChI is InChI=1S/C17H22ClN5O3S/c18-15-3-1-2-14(10-15)13-27(24,25)21-5-4-19-17-11-16(12-20-22-17)23-6-8-26-9-7-23/h1-3,10-12,21H,4-9,13H2,(H,19,22). The molecule has 2 heterocycles. The van der Waals surface area contributed by atoms with Gasteiger partial charge in [0.25, 0.3) is 0 Å². The molecule has 8 nitrogen and oxygen atoms in total. The normalized spacial score (nSPS) is 14.9. The molecule has 10 heteroatoms. The van der Waals surface area contributed by atoms with Crippen molar-refractivity contribution in [3.05, 3.63) is 47.1 Å². The molecule has 1 saturated heterocycles. The second-order valence-electron chi connectivity index (χ2n) is 6.11. The maximum Gasteiger partial charge on any atom is 0.215 e. The number of morpholine rings is 1. The number of hydrogen-bond donors (Lipinski definition) is 2. The summed E-state index contributed by atoms with van der Waals surface area (Å²) in [5.41, 5.74) is 1.62. The van der Waals surface area contributed by atoms with E-state index in [1.807, 2.05) is 6.07 Å². The molecule has 1 aromatic carbocycles. The number of benzene rings is 1. The molecule has 1 aliphatic rings. The van der Waals surface area contributed by atoms with E-state index in [1.165, 1.54) is 0 Å². The van der Waals surface area contributed by atoms with E-state index in [1.54, 1.807) is 30.5 Å². The van der Waals surface area contributed by atoms with Crippen LogP contribution in [0, 0.1) is 0 Å². The van der Waals surface area contributed by atoms with Gasteiger partial charge < -0.3 is 15.0 Å². The fraction of sp³-hybridized carbons (Fsp3) is 0.412. The first-order chi connectivity index (χ1) is 13.0. The number of nitrogens with zero attached hydrogens (tertiary/aromatic N) is 3. The minimum absolute atomic E-state index is 0.111. The molecule has 2 aromatic rings. The van der Waals surface area contributed by atoms with Crippen LogP contribution in [0.4, 0.5) is 11.5 Å². The van der Waals surface area contributed by atoms with Crippen molar-refractivity contribution in [2.24, 2.45) is 0 Å². The molecule has 3 rings (SSSR count). The molecule has 0 saturated carbocycles. The fourth-order valence-electron chi connectivity index (χ4n) is 2.73. The minimum atomic E-state index is -3.44. The molecule has 1 fully saturated rings. The van der Waals surface area contributed by atoms with E-state index in [0.717, 1.165) is 18.8 Å². The van der Waals surface area contributed by atoms with E-state index < -0.39 is 10.0 Å². The van der Waals surface area contributed by atoms with Crippen molar-refractivity contribution in [1.29, 1.82) is 0 Å². The van der Waals surface area contributed by atoms with Crippen LogP contribution >= 0.6 is 11.6 Å². The zero-order valence-corrected chi connectivity index (χ0v) is 16.3. The lowest BCUT2D eigenvalue weighted by Gasteiger charge is -2.28. The second kappa shape index (κ2) is 9.32. The van der Waals surface area contributed by atoms with E-state index in [2.05, 4.69) is 25.1 Å². The Balaban J connectivity index is 1.47. The molecule has 0 spiro atoms. The Morgan fingerprint density at radius 2 is 2.00 bits per heavy atom. The number of hydrogen-bond acceptors (Lipinski definition) is 7. The number of anilines is 2. The maximum absolute atomic E-state index is 12.2. The summed E-state index contributed by atoms with van der Waals surface area (Å²) >= 11 is 5.89. The zero-order chi connectivity index (χ0) is 19.1. The number of aromatic nitrogens is 2. The fourth-order valence-corrected chi connectivity index (χ4v) is 4.08. The molecular formula is C17H22ClN5O3S. The van der Waals surface area contributed by atoms with Crippen LogP contribution in [0.25, 0.3) is 0 Å². The first-order valence-electron chi connectivity index (χ1n) is 8.63. The van der Waals surface area contributed by atoms with Gasteiger partial charge in [0.2, 0.25) is 10.0 Å². The van der Waals surface area contributed by atoms with Crippen molar-refractivity contribution in [2.75, 3.05) is 49.6 Å². The Labute approximate surface area is 163 Å². The summed E-state index contributed by atoms with van der Waals surface area (Å²) in [6.45, 7) is 3.66. The molecular weight excluding hydrogens is 390 g/mol. The van der Waals surface area contributed by atoms with Gasteiger partial charge in [-0.2, -0.15) is 5.10 Å². The van der Waals surface area contributed by atoms with Crippen molar-refractivity contribution in [3.63, 3.8) is 0 Å². The average Bonchev–Trinajstić information content (AvgIpc) is 2.66. The summed E-state index contributed by atoms with van der Waals surface area (Å²) in [6.07, 6.45) is 1.71. The van der Waals surface area contributed by atoms with Gasteiger partial charge in [-0.1, -0.05) is 23.7 Å². The van der Waals surface area contributed by atoms with Gasteiger partial charge in [-0.3, -0.25) is 0 Å². The molecule has 27 heavy (non-hydrogen) atoms. The Morgan fingerprint density at radius 1 is 1.19 bits per heavy atom. The van der Waals surface area contributed by atoms with Crippen molar-refractivity contribution in [3.8, 4) is 0 Å². The van der Waals surface area contributed by atoms with Crippen LogP contribution in [0.3, 0.4) is 0 Å². The summed E-state index contributed by atoms with van der Waals surface area (Å²) < 4.78 is 32.2. The van der Waals surface area contributed by atoms with Gasteiger partial charge in [0.15, 0.2) is 5.82 Å². The predicted molar refractivity (Wildman–Crippen MR) is 106 cm³/mol. The van der Waals surface area contributed by atoms with E-state index >= 15 is 0 Å². The molecule has 1 aromatic heterocycles. The van der Waals surface area contributed by atoms with E-state index in [9.17, 15) is 8.42 Å². The summed E-state index contributed by atoms with van der Waals surface area (Å²) in [4.78, 5) is 2.18. The number of nitrogens with one attached hydrogen (secondary N) is 2. The minimum Gasteiger partial charge on any atom is -0.378 e. The van der Waals surface area contributed by atoms with Gasteiger partial charge in [-0.15, -0.1) is 5.10 Å². The third-order valence-corrected chi connectivity index (χ3v) is 5.61. The smallest absolute Gasteiger partial charge is 0.215 e. The summed E-state index contributed by atoms with van der Waals surface area (Å²) in [5, 5.41) is 11.6. The third kappa shape index (κ3) is 6.31. The Kier molecular flexibility index (Phi) is 6.84. The number of ether oxygens (including phenoxy) is 1. The van der Waals surface area contributed by atoms with Gasteiger partial charge in [0.1, 0.15) is 0 Å². The van der Waals surface area contributed by atoms with E-state index in [4.69, 9.17) is 16.3 Å². The SMILES string of the molecule is O=S(=O)(Cc1cccc(Cl)c1)NCCNc1cc(N2CCOCC2)cnn1. The van der Waals surface area contributed by atoms with Crippen LogP contribution in [-0.2, 0) is 20.5 Å². The van der Waals surface area contributed by atoms with Gasteiger partial charge in [-0.25, -0.2) is 13.1 Å². The van der Waals surface area contributed by atoms with Crippen molar-refractivity contribution in [2.45, 2.75) is 5.75 Å².